The van der Waals surface area contributed by atoms with Crippen molar-refractivity contribution in [3.63, 3.8) is 0 Å². The Morgan fingerprint density at radius 2 is 2.04 bits per heavy atom. The van der Waals surface area contributed by atoms with Gasteiger partial charge in [0.15, 0.2) is 0 Å². The summed E-state index contributed by atoms with van der Waals surface area (Å²) in [5.74, 6) is -0.118. The molecule has 1 saturated carbocycles. The van der Waals surface area contributed by atoms with E-state index in [-0.39, 0.29) is 5.91 Å². The minimum atomic E-state index is -0.797. The molecule has 0 unspecified atom stereocenters. The fourth-order valence-corrected chi connectivity index (χ4v) is 3.07. The van der Waals surface area contributed by atoms with Gasteiger partial charge in [-0.05, 0) is 37.0 Å². The Kier molecular flexibility index (Phi) is 4.42. The summed E-state index contributed by atoms with van der Waals surface area (Å²) in [4.78, 5) is 12.3. The number of hydrogen-bond acceptors (Lipinski definition) is 3. The number of benzene rings is 1. The highest BCUT2D eigenvalue weighted by atomic mass is 16.2. The first-order chi connectivity index (χ1) is 11.2. The quantitative estimate of drug-likeness (QED) is 0.923. The van der Waals surface area contributed by atoms with Gasteiger partial charge in [0, 0.05) is 12.7 Å². The van der Waals surface area contributed by atoms with Gasteiger partial charge < -0.3 is 5.32 Å². The molecule has 5 heteroatoms. The topological polar surface area (TPSA) is 70.7 Å². The van der Waals surface area contributed by atoms with E-state index in [4.69, 9.17) is 0 Å². The SMILES string of the molecule is N#CC1(C(=O)NCCc2cnn(-c3ccccc3)c2)CCCC1. The van der Waals surface area contributed by atoms with Crippen molar-refractivity contribution in [1.82, 2.24) is 15.1 Å². The van der Waals surface area contributed by atoms with E-state index >= 15 is 0 Å². The lowest BCUT2D eigenvalue weighted by molar-refractivity contribution is -0.127. The summed E-state index contributed by atoms with van der Waals surface area (Å²) in [5, 5.41) is 16.6. The third-order valence-corrected chi connectivity index (χ3v) is 4.46. The van der Waals surface area contributed by atoms with Crippen LogP contribution >= 0.6 is 0 Å². The maximum Gasteiger partial charge on any atom is 0.240 e. The Morgan fingerprint density at radius 1 is 1.30 bits per heavy atom. The van der Waals surface area contributed by atoms with Crippen LogP contribution in [0.15, 0.2) is 42.7 Å². The van der Waals surface area contributed by atoms with Crippen molar-refractivity contribution >= 4 is 5.91 Å². The minimum Gasteiger partial charge on any atom is -0.354 e. The van der Waals surface area contributed by atoms with Crippen LogP contribution in [0, 0.1) is 16.7 Å². The van der Waals surface area contributed by atoms with Crippen molar-refractivity contribution in [2.75, 3.05) is 6.54 Å². The molecular weight excluding hydrogens is 288 g/mol. The van der Waals surface area contributed by atoms with Gasteiger partial charge in [-0.15, -0.1) is 0 Å². The molecule has 1 aliphatic carbocycles. The number of nitrogens with zero attached hydrogens (tertiary/aromatic N) is 3. The Morgan fingerprint density at radius 3 is 2.74 bits per heavy atom. The van der Waals surface area contributed by atoms with Crippen LogP contribution in [-0.4, -0.2) is 22.2 Å². The molecule has 1 aromatic heterocycles. The van der Waals surface area contributed by atoms with Crippen LogP contribution in [0.5, 0.6) is 0 Å². The van der Waals surface area contributed by atoms with Gasteiger partial charge in [-0.2, -0.15) is 10.4 Å². The molecule has 5 nitrogen and oxygen atoms in total. The third kappa shape index (κ3) is 3.26. The normalized spacial score (nSPS) is 16.0. The lowest BCUT2D eigenvalue weighted by Crippen LogP contribution is -2.39. The number of rotatable bonds is 5. The lowest BCUT2D eigenvalue weighted by atomic mass is 9.87. The molecule has 1 aromatic carbocycles. The second-order valence-corrected chi connectivity index (χ2v) is 6.04. The first kappa shape index (κ1) is 15.3. The highest BCUT2D eigenvalue weighted by Gasteiger charge is 2.41. The summed E-state index contributed by atoms with van der Waals surface area (Å²) >= 11 is 0. The van der Waals surface area contributed by atoms with Crippen LogP contribution in [-0.2, 0) is 11.2 Å². The summed E-state index contributed by atoms with van der Waals surface area (Å²) in [7, 11) is 0. The van der Waals surface area contributed by atoms with Crippen molar-refractivity contribution in [2.45, 2.75) is 32.1 Å². The van der Waals surface area contributed by atoms with Gasteiger partial charge in [0.2, 0.25) is 5.91 Å². The van der Waals surface area contributed by atoms with E-state index in [9.17, 15) is 10.1 Å². The monoisotopic (exact) mass is 308 g/mol. The Bertz CT molecular complexity index is 708. The number of nitriles is 1. The van der Waals surface area contributed by atoms with Gasteiger partial charge in [0.05, 0.1) is 18.0 Å². The van der Waals surface area contributed by atoms with Gasteiger partial charge in [-0.25, -0.2) is 4.68 Å². The molecule has 1 aliphatic rings. The molecule has 2 aromatic rings. The van der Waals surface area contributed by atoms with Crippen LogP contribution in [0.4, 0.5) is 0 Å². The maximum absolute atomic E-state index is 12.3. The van der Waals surface area contributed by atoms with Gasteiger partial charge in [0.25, 0.3) is 0 Å². The summed E-state index contributed by atoms with van der Waals surface area (Å²) in [5.41, 5.74) is 1.28. The second-order valence-electron chi connectivity index (χ2n) is 6.04. The van der Waals surface area contributed by atoms with Crippen LogP contribution in [0.3, 0.4) is 0 Å². The number of nitrogens with one attached hydrogen (secondary N) is 1. The van der Waals surface area contributed by atoms with Gasteiger partial charge >= 0.3 is 0 Å². The van der Waals surface area contributed by atoms with E-state index in [1.165, 1.54) is 0 Å². The highest BCUT2D eigenvalue weighted by Crippen LogP contribution is 2.37. The average molecular weight is 308 g/mol. The van der Waals surface area contributed by atoms with Crippen molar-refractivity contribution < 1.29 is 4.79 Å². The predicted octanol–water partition coefficient (Wildman–Crippen LogP) is 2.61. The molecule has 118 valence electrons. The number of para-hydroxylation sites is 1. The highest BCUT2D eigenvalue weighted by molar-refractivity contribution is 5.85. The molecule has 3 rings (SSSR count). The summed E-state index contributed by atoms with van der Waals surface area (Å²) in [6, 6.07) is 12.1. The molecular formula is C18H20N4O. The molecule has 0 aliphatic heterocycles. The number of carbonyl (C=O) groups is 1. The standard InChI is InChI=1S/C18H20N4O/c19-14-18(9-4-5-10-18)17(23)20-11-8-15-12-21-22(13-15)16-6-2-1-3-7-16/h1-3,6-7,12-13H,4-5,8-11H2,(H,20,23). The van der Waals surface area contributed by atoms with E-state index in [2.05, 4.69) is 16.5 Å². The molecule has 0 saturated heterocycles. The van der Waals surface area contributed by atoms with E-state index in [1.54, 1.807) is 0 Å². The van der Waals surface area contributed by atoms with Crippen molar-refractivity contribution in [1.29, 1.82) is 5.26 Å². The number of carbonyl (C=O) groups excluding carboxylic acids is 1. The van der Waals surface area contributed by atoms with Gasteiger partial charge in [0.1, 0.15) is 5.41 Å². The molecule has 1 fully saturated rings. The number of amides is 1. The van der Waals surface area contributed by atoms with Crippen molar-refractivity contribution in [3.05, 3.63) is 48.3 Å². The zero-order chi connectivity index (χ0) is 16.1. The first-order valence-electron chi connectivity index (χ1n) is 8.02. The molecule has 0 spiro atoms. The number of hydrogen-bond donors (Lipinski definition) is 1. The molecule has 0 radical (unpaired) electrons. The third-order valence-electron chi connectivity index (χ3n) is 4.46. The maximum atomic E-state index is 12.3. The minimum absolute atomic E-state index is 0.118. The first-order valence-corrected chi connectivity index (χ1v) is 8.02. The summed E-state index contributed by atoms with van der Waals surface area (Å²) in [6.45, 7) is 0.531. The van der Waals surface area contributed by atoms with Crippen LogP contribution in [0.25, 0.3) is 5.69 Å². The summed E-state index contributed by atoms with van der Waals surface area (Å²) in [6.07, 6.45) is 7.78. The Hall–Kier alpha value is -2.61. The molecule has 0 bridgehead atoms. The zero-order valence-electron chi connectivity index (χ0n) is 13.0. The van der Waals surface area contributed by atoms with E-state index in [0.29, 0.717) is 25.8 Å². The second kappa shape index (κ2) is 6.66. The average Bonchev–Trinajstić information content (AvgIpc) is 3.26. The van der Waals surface area contributed by atoms with Gasteiger partial charge in [-0.1, -0.05) is 31.0 Å². The lowest BCUT2D eigenvalue weighted by Gasteiger charge is -2.18. The van der Waals surface area contributed by atoms with E-state index in [1.807, 2.05) is 47.4 Å². The van der Waals surface area contributed by atoms with Gasteiger partial charge in [-0.3, -0.25) is 4.79 Å². The van der Waals surface area contributed by atoms with Crippen LogP contribution in [0.2, 0.25) is 0 Å². The largest absolute Gasteiger partial charge is 0.354 e. The zero-order valence-corrected chi connectivity index (χ0v) is 13.0. The fourth-order valence-electron chi connectivity index (χ4n) is 3.07. The smallest absolute Gasteiger partial charge is 0.240 e. The van der Waals surface area contributed by atoms with Crippen LogP contribution in [0.1, 0.15) is 31.2 Å². The van der Waals surface area contributed by atoms with Crippen molar-refractivity contribution in [3.8, 4) is 11.8 Å². The molecule has 1 heterocycles. The Balaban J connectivity index is 1.55. The van der Waals surface area contributed by atoms with Crippen molar-refractivity contribution in [2.24, 2.45) is 5.41 Å². The number of aromatic nitrogens is 2. The molecule has 0 atom stereocenters. The van der Waals surface area contributed by atoms with E-state index in [0.717, 1.165) is 24.1 Å². The molecule has 1 amide bonds. The van der Waals surface area contributed by atoms with E-state index < -0.39 is 5.41 Å². The molecule has 1 N–H and O–H groups in total. The Labute approximate surface area is 135 Å². The fraction of sp³-hybridized carbons (Fsp3) is 0.389. The molecule has 23 heavy (non-hydrogen) atoms. The predicted molar refractivity (Wildman–Crippen MR) is 86.8 cm³/mol. The summed E-state index contributed by atoms with van der Waals surface area (Å²) < 4.78 is 1.82. The van der Waals surface area contributed by atoms with Crippen LogP contribution < -0.4 is 5.32 Å².